The molecule has 1 atom stereocenters. The van der Waals surface area contributed by atoms with Crippen molar-refractivity contribution < 1.29 is 9.47 Å². The van der Waals surface area contributed by atoms with E-state index in [2.05, 4.69) is 0 Å². The molecule has 0 saturated carbocycles. The highest BCUT2D eigenvalue weighted by atomic mass is 35.5. The van der Waals surface area contributed by atoms with Gasteiger partial charge in [0, 0.05) is 5.56 Å². The van der Waals surface area contributed by atoms with Crippen molar-refractivity contribution in [1.29, 1.82) is 0 Å². The number of hydrogen-bond donors (Lipinski definition) is 1. The minimum absolute atomic E-state index is 0.351. The Hall–Kier alpha value is -0.940. The van der Waals surface area contributed by atoms with Gasteiger partial charge in [0.05, 0.1) is 28.9 Å². The number of nitrogens with two attached hydrogens (primary N) is 1. The van der Waals surface area contributed by atoms with Gasteiger partial charge in [-0.3, -0.25) is 0 Å². The fourth-order valence-electron chi connectivity index (χ4n) is 1.79. The SMILES string of the molecule is COc1ccc(C(N)c2cc(Cl)sc2Cl)cc1OC. The van der Waals surface area contributed by atoms with Crippen LogP contribution in [-0.2, 0) is 0 Å². The van der Waals surface area contributed by atoms with E-state index in [-0.39, 0.29) is 6.04 Å². The van der Waals surface area contributed by atoms with Crippen LogP contribution in [0.15, 0.2) is 24.3 Å². The summed E-state index contributed by atoms with van der Waals surface area (Å²) in [5.41, 5.74) is 7.91. The average Bonchev–Trinajstić information content (AvgIpc) is 2.76. The molecule has 2 N–H and O–H groups in total. The zero-order chi connectivity index (χ0) is 14.0. The van der Waals surface area contributed by atoms with Crippen molar-refractivity contribution in [2.45, 2.75) is 6.04 Å². The standard InChI is InChI=1S/C13H13Cl2NO2S/c1-17-9-4-3-7(5-10(9)18-2)12(16)8-6-11(14)19-13(8)15/h3-6,12H,16H2,1-2H3. The molecule has 2 rings (SSSR count). The second-order valence-corrected chi connectivity index (χ2v) is 6.16. The largest absolute Gasteiger partial charge is 0.493 e. The van der Waals surface area contributed by atoms with Gasteiger partial charge in [-0.15, -0.1) is 11.3 Å². The lowest BCUT2D eigenvalue weighted by molar-refractivity contribution is 0.354. The second-order valence-electron chi connectivity index (χ2n) is 3.87. The quantitative estimate of drug-likeness (QED) is 0.922. The monoisotopic (exact) mass is 317 g/mol. The summed E-state index contributed by atoms with van der Waals surface area (Å²) in [6.07, 6.45) is 0. The smallest absolute Gasteiger partial charge is 0.161 e. The van der Waals surface area contributed by atoms with Gasteiger partial charge in [-0.2, -0.15) is 0 Å². The van der Waals surface area contributed by atoms with Crippen LogP contribution in [0.2, 0.25) is 8.67 Å². The van der Waals surface area contributed by atoms with Crippen LogP contribution in [0.25, 0.3) is 0 Å². The van der Waals surface area contributed by atoms with E-state index in [0.29, 0.717) is 20.2 Å². The molecule has 1 aromatic carbocycles. The van der Waals surface area contributed by atoms with E-state index in [0.717, 1.165) is 11.1 Å². The highest BCUT2D eigenvalue weighted by Gasteiger charge is 2.17. The molecule has 0 bridgehead atoms. The van der Waals surface area contributed by atoms with Crippen LogP contribution >= 0.6 is 34.5 Å². The topological polar surface area (TPSA) is 44.5 Å². The maximum atomic E-state index is 6.21. The average molecular weight is 318 g/mol. The number of thiophene rings is 1. The van der Waals surface area contributed by atoms with Crippen molar-refractivity contribution in [3.05, 3.63) is 44.1 Å². The Morgan fingerprint density at radius 3 is 2.32 bits per heavy atom. The van der Waals surface area contributed by atoms with Gasteiger partial charge >= 0.3 is 0 Å². The molecule has 1 unspecified atom stereocenters. The van der Waals surface area contributed by atoms with Crippen LogP contribution in [0.1, 0.15) is 17.2 Å². The van der Waals surface area contributed by atoms with Crippen molar-refractivity contribution >= 4 is 34.5 Å². The normalized spacial score (nSPS) is 12.3. The molecule has 0 amide bonds. The summed E-state index contributed by atoms with van der Waals surface area (Å²) in [6.45, 7) is 0. The molecule has 2 aromatic rings. The third kappa shape index (κ3) is 2.98. The Morgan fingerprint density at radius 1 is 1.11 bits per heavy atom. The lowest BCUT2D eigenvalue weighted by Crippen LogP contribution is -2.11. The number of rotatable bonds is 4. The predicted molar refractivity (Wildman–Crippen MR) is 79.9 cm³/mol. The Balaban J connectivity index is 2.39. The summed E-state index contributed by atoms with van der Waals surface area (Å²) in [4.78, 5) is 0. The van der Waals surface area contributed by atoms with Crippen molar-refractivity contribution in [3.63, 3.8) is 0 Å². The first kappa shape index (κ1) is 14.5. The van der Waals surface area contributed by atoms with E-state index in [4.69, 9.17) is 38.4 Å². The molecule has 102 valence electrons. The number of methoxy groups -OCH3 is 2. The fourth-order valence-corrected chi connectivity index (χ4v) is 3.34. The van der Waals surface area contributed by atoms with Gasteiger partial charge in [-0.1, -0.05) is 29.3 Å². The van der Waals surface area contributed by atoms with Crippen LogP contribution in [-0.4, -0.2) is 14.2 Å². The van der Waals surface area contributed by atoms with Crippen LogP contribution in [0.4, 0.5) is 0 Å². The molecule has 0 saturated heterocycles. The van der Waals surface area contributed by atoms with E-state index in [1.54, 1.807) is 20.3 Å². The van der Waals surface area contributed by atoms with Crippen LogP contribution in [0.3, 0.4) is 0 Å². The molecule has 0 aliphatic heterocycles. The van der Waals surface area contributed by atoms with E-state index in [1.807, 2.05) is 18.2 Å². The summed E-state index contributed by atoms with van der Waals surface area (Å²) in [6, 6.07) is 6.97. The highest BCUT2D eigenvalue weighted by Crippen LogP contribution is 2.38. The van der Waals surface area contributed by atoms with Gasteiger partial charge in [-0.05, 0) is 23.8 Å². The van der Waals surface area contributed by atoms with Crippen LogP contribution < -0.4 is 15.2 Å². The van der Waals surface area contributed by atoms with Gasteiger partial charge in [0.25, 0.3) is 0 Å². The summed E-state index contributed by atoms with van der Waals surface area (Å²) in [5, 5.41) is 0. The maximum absolute atomic E-state index is 6.21. The van der Waals surface area contributed by atoms with Gasteiger partial charge in [0.2, 0.25) is 0 Å². The summed E-state index contributed by atoms with van der Waals surface area (Å²) >= 11 is 13.4. The van der Waals surface area contributed by atoms with E-state index in [9.17, 15) is 0 Å². The van der Waals surface area contributed by atoms with Crippen molar-refractivity contribution in [1.82, 2.24) is 0 Å². The first-order valence-electron chi connectivity index (χ1n) is 5.49. The lowest BCUT2D eigenvalue weighted by atomic mass is 10.0. The minimum atomic E-state index is -0.351. The number of hydrogen-bond acceptors (Lipinski definition) is 4. The molecular formula is C13H13Cl2NO2S. The minimum Gasteiger partial charge on any atom is -0.493 e. The maximum Gasteiger partial charge on any atom is 0.161 e. The third-order valence-corrected chi connectivity index (χ3v) is 4.30. The lowest BCUT2D eigenvalue weighted by Gasteiger charge is -2.14. The first-order valence-corrected chi connectivity index (χ1v) is 7.06. The summed E-state index contributed by atoms with van der Waals surface area (Å²) in [7, 11) is 3.18. The van der Waals surface area contributed by atoms with Crippen LogP contribution in [0, 0.1) is 0 Å². The Kier molecular flexibility index (Phi) is 4.58. The second kappa shape index (κ2) is 6.01. The van der Waals surface area contributed by atoms with Crippen LogP contribution in [0.5, 0.6) is 11.5 Å². The number of benzene rings is 1. The first-order chi connectivity index (χ1) is 9.06. The van der Waals surface area contributed by atoms with Gasteiger partial charge in [0.1, 0.15) is 0 Å². The Labute approximate surface area is 125 Å². The molecule has 1 heterocycles. The van der Waals surface area contributed by atoms with E-state index < -0.39 is 0 Å². The molecule has 0 aliphatic rings. The third-order valence-electron chi connectivity index (χ3n) is 2.78. The molecular weight excluding hydrogens is 305 g/mol. The fraction of sp³-hybridized carbons (Fsp3) is 0.231. The molecule has 1 aromatic heterocycles. The zero-order valence-corrected chi connectivity index (χ0v) is 12.8. The van der Waals surface area contributed by atoms with Crippen molar-refractivity contribution in [2.24, 2.45) is 5.73 Å². The Morgan fingerprint density at radius 2 is 1.79 bits per heavy atom. The Bertz CT molecular complexity index is 586. The van der Waals surface area contributed by atoms with Gasteiger partial charge in [0.15, 0.2) is 11.5 Å². The van der Waals surface area contributed by atoms with Crippen molar-refractivity contribution in [2.75, 3.05) is 14.2 Å². The highest BCUT2D eigenvalue weighted by molar-refractivity contribution is 7.20. The molecule has 0 aliphatic carbocycles. The molecule has 19 heavy (non-hydrogen) atoms. The van der Waals surface area contributed by atoms with E-state index >= 15 is 0 Å². The van der Waals surface area contributed by atoms with Crippen molar-refractivity contribution in [3.8, 4) is 11.5 Å². The molecule has 0 spiro atoms. The summed E-state index contributed by atoms with van der Waals surface area (Å²) < 4.78 is 11.7. The number of ether oxygens (including phenoxy) is 2. The molecule has 0 fully saturated rings. The van der Waals surface area contributed by atoms with E-state index in [1.165, 1.54) is 11.3 Å². The number of halogens is 2. The predicted octanol–water partition coefficient (Wildman–Crippen LogP) is 4.12. The molecule has 3 nitrogen and oxygen atoms in total. The molecule has 6 heteroatoms. The van der Waals surface area contributed by atoms with Gasteiger partial charge < -0.3 is 15.2 Å². The van der Waals surface area contributed by atoms with Gasteiger partial charge in [-0.25, -0.2) is 0 Å². The zero-order valence-electron chi connectivity index (χ0n) is 10.4. The summed E-state index contributed by atoms with van der Waals surface area (Å²) in [5.74, 6) is 1.29. The molecule has 0 radical (unpaired) electrons.